The molecule has 0 saturated heterocycles. The van der Waals surface area contributed by atoms with E-state index in [4.69, 9.17) is 0 Å². The average molecular weight is 486 g/mol. The Morgan fingerprint density at radius 1 is 1.13 bits per heavy atom. The summed E-state index contributed by atoms with van der Waals surface area (Å²) in [4.78, 5) is 4.48. The molecule has 0 atom stereocenters. The van der Waals surface area contributed by atoms with Crippen molar-refractivity contribution < 1.29 is 24.5 Å². The summed E-state index contributed by atoms with van der Waals surface area (Å²) in [5.41, 5.74) is 2.56. The van der Waals surface area contributed by atoms with Crippen molar-refractivity contribution in [3.8, 4) is 17.1 Å². The minimum atomic E-state index is -0.272. The Morgan fingerprint density at radius 2 is 1.83 bits per heavy atom. The standard InChI is InChI=1S/C19H18FN2.Ir/c1-19(2,3)17-13-14(20)9-10-16(17)18-21-11-12-22(18)15-7-5-4-6-8-15;/h4-9,11-13H,1-3H3;/q-1;. The van der Waals surface area contributed by atoms with E-state index in [9.17, 15) is 4.39 Å². The van der Waals surface area contributed by atoms with Crippen LogP contribution in [0, 0.1) is 11.9 Å². The summed E-state index contributed by atoms with van der Waals surface area (Å²) >= 11 is 0. The number of hydrogen-bond acceptors (Lipinski definition) is 1. The molecule has 0 N–H and O–H groups in total. The Kier molecular flexibility index (Phi) is 5.18. The van der Waals surface area contributed by atoms with Crippen molar-refractivity contribution in [3.05, 3.63) is 72.3 Å². The molecule has 0 bridgehead atoms. The minimum Gasteiger partial charge on any atom is -0.340 e. The first-order valence-electron chi connectivity index (χ1n) is 7.27. The zero-order chi connectivity index (χ0) is 15.7. The van der Waals surface area contributed by atoms with Gasteiger partial charge < -0.3 is 4.57 Å². The van der Waals surface area contributed by atoms with E-state index in [0.717, 1.165) is 22.6 Å². The van der Waals surface area contributed by atoms with Gasteiger partial charge in [-0.2, -0.15) is 0 Å². The maximum Gasteiger partial charge on any atom is 0.0605 e. The Labute approximate surface area is 149 Å². The molecule has 3 aromatic rings. The zero-order valence-electron chi connectivity index (χ0n) is 13.3. The predicted molar refractivity (Wildman–Crippen MR) is 86.5 cm³/mol. The first kappa shape index (κ1) is 17.6. The zero-order valence-corrected chi connectivity index (χ0v) is 15.7. The van der Waals surface area contributed by atoms with E-state index in [-0.39, 0.29) is 31.3 Å². The van der Waals surface area contributed by atoms with Crippen LogP contribution < -0.4 is 0 Å². The number of aromatic nitrogens is 2. The van der Waals surface area contributed by atoms with Crippen molar-refractivity contribution >= 4 is 0 Å². The van der Waals surface area contributed by atoms with Gasteiger partial charge in [0.15, 0.2) is 0 Å². The van der Waals surface area contributed by atoms with Gasteiger partial charge in [-0.1, -0.05) is 39.0 Å². The topological polar surface area (TPSA) is 17.8 Å². The fourth-order valence-corrected chi connectivity index (χ4v) is 2.53. The summed E-state index contributed by atoms with van der Waals surface area (Å²) in [6.07, 6.45) is 3.67. The number of benzene rings is 2. The number of nitrogens with zero attached hydrogens (tertiary/aromatic N) is 2. The van der Waals surface area contributed by atoms with Gasteiger partial charge in [-0.25, -0.2) is 0 Å². The Hall–Kier alpha value is -1.77. The first-order valence-corrected chi connectivity index (χ1v) is 7.27. The van der Waals surface area contributed by atoms with Gasteiger partial charge in [-0.15, -0.1) is 29.3 Å². The molecule has 3 rings (SSSR count). The molecule has 121 valence electrons. The Bertz CT molecular complexity index is 789. The summed E-state index contributed by atoms with van der Waals surface area (Å²) in [6.45, 7) is 6.19. The Morgan fingerprint density at radius 3 is 2.48 bits per heavy atom. The summed E-state index contributed by atoms with van der Waals surface area (Å²) in [5.74, 6) is 0.502. The molecule has 2 nitrogen and oxygen atoms in total. The van der Waals surface area contributed by atoms with Crippen molar-refractivity contribution in [3.63, 3.8) is 0 Å². The number of para-hydroxylation sites is 1. The van der Waals surface area contributed by atoms with E-state index in [1.54, 1.807) is 12.3 Å². The molecular weight excluding hydrogens is 467 g/mol. The van der Waals surface area contributed by atoms with E-state index in [1.807, 2.05) is 41.1 Å². The van der Waals surface area contributed by atoms with E-state index < -0.39 is 0 Å². The van der Waals surface area contributed by atoms with E-state index in [0.29, 0.717) is 0 Å². The predicted octanol–water partition coefficient (Wildman–Crippen LogP) is 4.77. The van der Waals surface area contributed by atoms with Crippen LogP contribution in [-0.4, -0.2) is 9.55 Å². The van der Waals surface area contributed by atoms with E-state index in [2.05, 4.69) is 31.8 Å². The first-order chi connectivity index (χ1) is 10.5. The molecule has 0 aliphatic heterocycles. The van der Waals surface area contributed by atoms with Crippen LogP contribution in [0.5, 0.6) is 0 Å². The fourth-order valence-electron chi connectivity index (χ4n) is 2.53. The minimum absolute atomic E-state index is 0. The largest absolute Gasteiger partial charge is 0.340 e. The van der Waals surface area contributed by atoms with Crippen LogP contribution in [0.2, 0.25) is 0 Å². The van der Waals surface area contributed by atoms with Gasteiger partial charge in [-0.05, 0) is 17.5 Å². The normalized spacial score (nSPS) is 11.1. The molecule has 1 radical (unpaired) electrons. The van der Waals surface area contributed by atoms with Gasteiger partial charge >= 0.3 is 0 Å². The summed E-state index contributed by atoms with van der Waals surface area (Å²) in [6, 6.07) is 16.0. The van der Waals surface area contributed by atoms with Crippen LogP contribution in [0.4, 0.5) is 4.39 Å². The van der Waals surface area contributed by atoms with Crippen LogP contribution in [0.15, 0.2) is 54.9 Å². The van der Waals surface area contributed by atoms with Crippen molar-refractivity contribution in [2.24, 2.45) is 0 Å². The number of hydrogen-bond donors (Lipinski definition) is 0. The van der Waals surface area contributed by atoms with Gasteiger partial charge in [0.2, 0.25) is 0 Å². The van der Waals surface area contributed by atoms with Crippen molar-refractivity contribution in [1.82, 2.24) is 9.55 Å². The fraction of sp³-hybridized carbons (Fsp3) is 0.211. The molecule has 0 amide bonds. The molecule has 0 saturated carbocycles. The van der Waals surface area contributed by atoms with E-state index in [1.165, 1.54) is 6.07 Å². The van der Waals surface area contributed by atoms with Crippen LogP contribution in [0.1, 0.15) is 26.3 Å². The molecule has 1 heterocycles. The molecule has 0 unspecified atom stereocenters. The average Bonchev–Trinajstić information content (AvgIpc) is 2.96. The third-order valence-corrected chi connectivity index (χ3v) is 3.61. The Balaban J connectivity index is 0.00000192. The van der Waals surface area contributed by atoms with Crippen LogP contribution in [0.3, 0.4) is 0 Å². The number of rotatable bonds is 2. The monoisotopic (exact) mass is 486 g/mol. The van der Waals surface area contributed by atoms with Gasteiger partial charge in [0, 0.05) is 44.0 Å². The van der Waals surface area contributed by atoms with Gasteiger partial charge in [-0.3, -0.25) is 9.37 Å². The second-order valence-electron chi connectivity index (χ2n) is 6.31. The third-order valence-electron chi connectivity index (χ3n) is 3.61. The van der Waals surface area contributed by atoms with Crippen LogP contribution in [-0.2, 0) is 25.5 Å². The van der Waals surface area contributed by atoms with Gasteiger partial charge in [0.05, 0.1) is 5.82 Å². The number of halogens is 1. The van der Waals surface area contributed by atoms with Crippen molar-refractivity contribution in [1.29, 1.82) is 0 Å². The summed E-state index contributed by atoms with van der Waals surface area (Å²) in [5, 5.41) is 0. The molecular formula is C19H18FIrN2-. The molecule has 0 aliphatic rings. The van der Waals surface area contributed by atoms with Crippen molar-refractivity contribution in [2.45, 2.75) is 26.2 Å². The maximum absolute atomic E-state index is 13.7. The SMILES string of the molecule is CC(C)(C)c1cc(F)c[c-]c1-c1nccn1-c1ccccc1.[Ir]. The van der Waals surface area contributed by atoms with Gasteiger partial charge in [0.1, 0.15) is 0 Å². The summed E-state index contributed by atoms with van der Waals surface area (Å²) < 4.78 is 15.7. The van der Waals surface area contributed by atoms with E-state index >= 15 is 0 Å². The summed E-state index contributed by atoms with van der Waals surface area (Å²) in [7, 11) is 0. The third kappa shape index (κ3) is 3.60. The molecule has 0 aliphatic carbocycles. The molecule has 1 aromatic heterocycles. The maximum atomic E-state index is 13.7. The molecule has 0 spiro atoms. The van der Waals surface area contributed by atoms with Crippen LogP contribution in [0.25, 0.3) is 17.1 Å². The quantitative estimate of drug-likeness (QED) is 0.478. The molecule has 4 heteroatoms. The van der Waals surface area contributed by atoms with Crippen LogP contribution >= 0.6 is 0 Å². The second kappa shape index (κ2) is 6.77. The van der Waals surface area contributed by atoms with Crippen molar-refractivity contribution in [2.75, 3.05) is 0 Å². The molecule has 0 fully saturated rings. The second-order valence-corrected chi connectivity index (χ2v) is 6.31. The molecule has 2 aromatic carbocycles. The van der Waals surface area contributed by atoms with Gasteiger partial charge in [0.25, 0.3) is 0 Å². The number of imidazole rings is 1. The molecule has 23 heavy (non-hydrogen) atoms. The smallest absolute Gasteiger partial charge is 0.0605 e.